The van der Waals surface area contributed by atoms with Crippen LogP contribution in [0.5, 0.6) is 0 Å². The molecule has 3 aromatic rings. The quantitative estimate of drug-likeness (QED) is 0.705. The fourth-order valence-electron chi connectivity index (χ4n) is 3.52. The summed E-state index contributed by atoms with van der Waals surface area (Å²) in [5.74, 6) is 6.49. The monoisotopic (exact) mass is 350 g/mol. The summed E-state index contributed by atoms with van der Waals surface area (Å²) >= 11 is 0. The van der Waals surface area contributed by atoms with Crippen LogP contribution in [0.2, 0.25) is 0 Å². The van der Waals surface area contributed by atoms with Gasteiger partial charge in [0.1, 0.15) is 5.82 Å². The number of rotatable bonds is 4. The van der Waals surface area contributed by atoms with Gasteiger partial charge in [-0.2, -0.15) is 0 Å². The van der Waals surface area contributed by atoms with E-state index in [1.54, 1.807) is 17.1 Å². The van der Waals surface area contributed by atoms with Crippen LogP contribution in [0.25, 0.3) is 22.2 Å². The van der Waals surface area contributed by atoms with E-state index >= 15 is 0 Å². The molecule has 1 amide bonds. The lowest BCUT2D eigenvalue weighted by Gasteiger charge is -2.13. The van der Waals surface area contributed by atoms with Gasteiger partial charge in [-0.25, -0.2) is 9.97 Å². The molecule has 3 N–H and O–H groups in total. The number of likely N-dealkylation sites (tertiary alicyclic amines) is 1. The smallest absolute Gasteiger partial charge is 0.222 e. The maximum atomic E-state index is 11.3. The maximum Gasteiger partial charge on any atom is 0.222 e. The van der Waals surface area contributed by atoms with Crippen LogP contribution in [-0.2, 0) is 11.3 Å². The van der Waals surface area contributed by atoms with Gasteiger partial charge in [0, 0.05) is 43.0 Å². The number of aromatic nitrogens is 3. The minimum atomic E-state index is -0.142. The van der Waals surface area contributed by atoms with Gasteiger partial charge in [0.2, 0.25) is 5.91 Å². The molecule has 1 aliphatic heterocycles. The SMILES string of the molecule is CC(=O)Nc1cc(-c2cnc3c(c2)c(CN2CCCC2)cn3N)ccn1. The highest BCUT2D eigenvalue weighted by Gasteiger charge is 2.16. The van der Waals surface area contributed by atoms with E-state index in [4.69, 9.17) is 5.84 Å². The van der Waals surface area contributed by atoms with Crippen molar-refractivity contribution in [1.82, 2.24) is 19.5 Å². The summed E-state index contributed by atoms with van der Waals surface area (Å²) in [5, 5.41) is 3.78. The van der Waals surface area contributed by atoms with Crippen LogP contribution in [0.1, 0.15) is 25.3 Å². The van der Waals surface area contributed by atoms with Gasteiger partial charge in [-0.15, -0.1) is 0 Å². The predicted octanol–water partition coefficient (Wildman–Crippen LogP) is 2.37. The zero-order chi connectivity index (χ0) is 18.1. The number of nitrogens with one attached hydrogen (secondary N) is 1. The molecule has 0 atom stereocenters. The number of nitrogens with zero attached hydrogens (tertiary/aromatic N) is 4. The van der Waals surface area contributed by atoms with Gasteiger partial charge in [0.15, 0.2) is 5.65 Å². The van der Waals surface area contributed by atoms with Crippen LogP contribution in [0.3, 0.4) is 0 Å². The van der Waals surface area contributed by atoms with E-state index < -0.39 is 0 Å². The zero-order valence-corrected chi connectivity index (χ0v) is 14.8. The van der Waals surface area contributed by atoms with Gasteiger partial charge < -0.3 is 11.2 Å². The van der Waals surface area contributed by atoms with Crippen molar-refractivity contribution in [2.24, 2.45) is 0 Å². The van der Waals surface area contributed by atoms with Crippen molar-refractivity contribution >= 4 is 22.8 Å². The Morgan fingerprint density at radius 1 is 1.23 bits per heavy atom. The molecule has 4 heterocycles. The van der Waals surface area contributed by atoms with Crippen molar-refractivity contribution in [3.63, 3.8) is 0 Å². The molecular formula is C19H22N6O. The molecule has 7 heteroatoms. The first-order chi connectivity index (χ1) is 12.6. The topological polar surface area (TPSA) is 89.1 Å². The molecule has 0 unspecified atom stereocenters. The number of hydrogen-bond acceptors (Lipinski definition) is 5. The lowest BCUT2D eigenvalue weighted by atomic mass is 10.1. The molecule has 0 saturated carbocycles. The molecule has 1 aliphatic rings. The molecule has 4 rings (SSSR count). The van der Waals surface area contributed by atoms with Gasteiger partial charge in [-0.3, -0.25) is 14.4 Å². The summed E-state index contributed by atoms with van der Waals surface area (Å²) in [6, 6.07) is 5.88. The first kappa shape index (κ1) is 16.5. The highest BCUT2D eigenvalue weighted by Crippen LogP contribution is 2.27. The molecule has 3 aromatic heterocycles. The molecular weight excluding hydrogens is 328 g/mol. The third-order valence-electron chi connectivity index (χ3n) is 4.74. The normalized spacial score (nSPS) is 14.8. The maximum absolute atomic E-state index is 11.3. The van der Waals surface area contributed by atoms with Gasteiger partial charge in [-0.1, -0.05) is 0 Å². The zero-order valence-electron chi connectivity index (χ0n) is 14.8. The largest absolute Gasteiger partial charge is 0.338 e. The van der Waals surface area contributed by atoms with Crippen LogP contribution in [0, 0.1) is 0 Å². The van der Waals surface area contributed by atoms with E-state index in [2.05, 4.69) is 26.3 Å². The average molecular weight is 350 g/mol. The van der Waals surface area contributed by atoms with Crippen molar-refractivity contribution < 1.29 is 4.79 Å². The minimum Gasteiger partial charge on any atom is -0.338 e. The third kappa shape index (κ3) is 3.25. The van der Waals surface area contributed by atoms with E-state index in [1.807, 2.05) is 18.3 Å². The van der Waals surface area contributed by atoms with E-state index in [1.165, 1.54) is 25.3 Å². The summed E-state index contributed by atoms with van der Waals surface area (Å²) in [7, 11) is 0. The molecule has 134 valence electrons. The third-order valence-corrected chi connectivity index (χ3v) is 4.74. The highest BCUT2D eigenvalue weighted by molar-refractivity contribution is 5.89. The summed E-state index contributed by atoms with van der Waals surface area (Å²) in [6.45, 7) is 4.62. The predicted molar refractivity (Wildman–Crippen MR) is 102 cm³/mol. The number of hydrogen-bond donors (Lipinski definition) is 2. The number of carbonyl (C=O) groups excluding carboxylic acids is 1. The number of fused-ring (bicyclic) bond motifs is 1. The Balaban J connectivity index is 1.71. The van der Waals surface area contributed by atoms with Crippen LogP contribution in [-0.4, -0.2) is 38.5 Å². The van der Waals surface area contributed by atoms with E-state index in [0.29, 0.717) is 5.82 Å². The molecule has 7 nitrogen and oxygen atoms in total. The van der Waals surface area contributed by atoms with Crippen molar-refractivity contribution in [2.75, 3.05) is 24.2 Å². The summed E-state index contributed by atoms with van der Waals surface area (Å²) in [5.41, 5.74) is 3.89. The summed E-state index contributed by atoms with van der Waals surface area (Å²) in [6.07, 6.45) is 7.97. The molecule has 0 bridgehead atoms. The number of nitrogen functional groups attached to an aromatic ring is 1. The second-order valence-electron chi connectivity index (χ2n) is 6.75. The van der Waals surface area contributed by atoms with Crippen LogP contribution >= 0.6 is 0 Å². The Kier molecular flexibility index (Phi) is 4.30. The first-order valence-electron chi connectivity index (χ1n) is 8.81. The standard InChI is InChI=1S/C19H22N6O/c1-13(26)23-18-9-14(4-5-21-18)15-8-17-16(11-24-6-2-3-7-24)12-25(20)19(17)22-10-15/h4-5,8-10,12H,2-3,6-7,11,20H2,1H3,(H,21,23,26). The van der Waals surface area contributed by atoms with E-state index in [-0.39, 0.29) is 5.91 Å². The number of carbonyl (C=O) groups is 1. The summed E-state index contributed by atoms with van der Waals surface area (Å²) in [4.78, 5) is 22.4. The number of pyridine rings is 2. The van der Waals surface area contributed by atoms with Gasteiger partial charge in [-0.05, 0) is 55.3 Å². The van der Waals surface area contributed by atoms with Crippen molar-refractivity contribution in [1.29, 1.82) is 0 Å². The molecule has 0 aliphatic carbocycles. The second-order valence-corrected chi connectivity index (χ2v) is 6.75. The Hall–Kier alpha value is -2.93. The Morgan fingerprint density at radius 2 is 2.04 bits per heavy atom. The van der Waals surface area contributed by atoms with Crippen LogP contribution < -0.4 is 11.2 Å². The van der Waals surface area contributed by atoms with Gasteiger partial charge >= 0.3 is 0 Å². The summed E-state index contributed by atoms with van der Waals surface area (Å²) < 4.78 is 1.60. The Morgan fingerprint density at radius 3 is 2.81 bits per heavy atom. The second kappa shape index (κ2) is 6.76. The molecule has 0 aromatic carbocycles. The van der Waals surface area contributed by atoms with Crippen LogP contribution in [0.4, 0.5) is 5.82 Å². The lowest BCUT2D eigenvalue weighted by molar-refractivity contribution is -0.114. The molecule has 1 fully saturated rings. The first-order valence-corrected chi connectivity index (χ1v) is 8.81. The molecule has 0 radical (unpaired) electrons. The molecule has 26 heavy (non-hydrogen) atoms. The van der Waals surface area contributed by atoms with Crippen molar-refractivity contribution in [2.45, 2.75) is 26.3 Å². The van der Waals surface area contributed by atoms with Crippen LogP contribution in [0.15, 0.2) is 36.8 Å². The minimum absolute atomic E-state index is 0.142. The number of nitrogens with two attached hydrogens (primary N) is 1. The van der Waals surface area contributed by atoms with E-state index in [0.717, 1.165) is 41.8 Å². The average Bonchev–Trinajstić information content (AvgIpc) is 3.23. The number of anilines is 1. The fourth-order valence-corrected chi connectivity index (χ4v) is 3.52. The fraction of sp³-hybridized carbons (Fsp3) is 0.316. The Labute approximate surface area is 151 Å². The highest BCUT2D eigenvalue weighted by atomic mass is 16.1. The molecule has 0 spiro atoms. The van der Waals surface area contributed by atoms with Gasteiger partial charge in [0.25, 0.3) is 0 Å². The lowest BCUT2D eigenvalue weighted by Crippen LogP contribution is -2.18. The number of amides is 1. The van der Waals surface area contributed by atoms with Gasteiger partial charge in [0.05, 0.1) is 0 Å². The van der Waals surface area contributed by atoms with Crippen molar-refractivity contribution in [3.05, 3.63) is 42.4 Å². The van der Waals surface area contributed by atoms with Crippen molar-refractivity contribution in [3.8, 4) is 11.1 Å². The van der Waals surface area contributed by atoms with E-state index in [9.17, 15) is 4.79 Å². The Bertz CT molecular complexity index is 958. The molecule has 1 saturated heterocycles.